The number of aromatic nitrogens is 2. The number of rotatable bonds is 9. The monoisotopic (exact) mass is 292 g/mol. The molecule has 6 heteroatoms. The van der Waals surface area contributed by atoms with Gasteiger partial charge in [-0.2, -0.15) is 0 Å². The minimum atomic E-state index is -0.175. The largest absolute Gasteiger partial charge is 0.356 e. The first kappa shape index (κ1) is 17.1. The molecule has 0 saturated heterocycles. The molecule has 1 rings (SSSR count). The first-order chi connectivity index (χ1) is 10.2. The summed E-state index contributed by atoms with van der Waals surface area (Å²) >= 11 is 0. The molecule has 0 atom stereocenters. The first-order valence-corrected chi connectivity index (χ1v) is 7.51. The molecule has 2 amide bonds. The molecule has 1 aromatic heterocycles. The van der Waals surface area contributed by atoms with Crippen molar-refractivity contribution in [3.8, 4) is 0 Å². The number of unbranched alkanes of at least 4 members (excludes halogenated alkanes) is 1. The molecule has 1 N–H and O–H groups in total. The lowest BCUT2D eigenvalue weighted by Gasteiger charge is -2.21. The van der Waals surface area contributed by atoms with Crippen LogP contribution in [0.4, 0.5) is 0 Å². The minimum Gasteiger partial charge on any atom is -0.356 e. The van der Waals surface area contributed by atoms with Gasteiger partial charge < -0.3 is 10.2 Å². The molecule has 0 aliphatic rings. The fourth-order valence-electron chi connectivity index (χ4n) is 1.89. The molecule has 21 heavy (non-hydrogen) atoms. The number of hydrogen-bond acceptors (Lipinski definition) is 4. The molecule has 0 saturated carbocycles. The predicted octanol–water partition coefficient (Wildman–Crippen LogP) is 1.64. The SMILES string of the molecule is CCCCNC(=O)CCN(CCC)C(=O)c1cnccn1. The fourth-order valence-corrected chi connectivity index (χ4v) is 1.89. The van der Waals surface area contributed by atoms with E-state index in [1.807, 2.05) is 6.92 Å². The van der Waals surface area contributed by atoms with E-state index in [0.717, 1.165) is 19.3 Å². The van der Waals surface area contributed by atoms with Crippen LogP contribution in [-0.4, -0.2) is 46.3 Å². The lowest BCUT2D eigenvalue weighted by Crippen LogP contribution is -2.36. The van der Waals surface area contributed by atoms with Crippen molar-refractivity contribution in [2.75, 3.05) is 19.6 Å². The van der Waals surface area contributed by atoms with Crippen molar-refractivity contribution in [2.45, 2.75) is 39.5 Å². The van der Waals surface area contributed by atoms with Crippen molar-refractivity contribution < 1.29 is 9.59 Å². The normalized spacial score (nSPS) is 10.2. The van der Waals surface area contributed by atoms with Gasteiger partial charge in [-0.3, -0.25) is 14.6 Å². The Hall–Kier alpha value is -1.98. The summed E-state index contributed by atoms with van der Waals surface area (Å²) < 4.78 is 0. The number of hydrogen-bond donors (Lipinski definition) is 1. The van der Waals surface area contributed by atoms with Crippen LogP contribution in [0.1, 0.15) is 50.0 Å². The molecule has 6 nitrogen and oxygen atoms in total. The van der Waals surface area contributed by atoms with Crippen molar-refractivity contribution in [2.24, 2.45) is 0 Å². The Bertz CT molecular complexity index is 437. The van der Waals surface area contributed by atoms with E-state index < -0.39 is 0 Å². The lowest BCUT2D eigenvalue weighted by molar-refractivity contribution is -0.121. The molecular formula is C15H24N4O2. The fraction of sp³-hybridized carbons (Fsp3) is 0.600. The van der Waals surface area contributed by atoms with Crippen LogP contribution >= 0.6 is 0 Å². The van der Waals surface area contributed by atoms with Gasteiger partial charge in [0, 0.05) is 38.4 Å². The summed E-state index contributed by atoms with van der Waals surface area (Å²) in [5, 5.41) is 2.85. The van der Waals surface area contributed by atoms with Crippen LogP contribution in [0, 0.1) is 0 Å². The molecule has 0 fully saturated rings. The molecule has 0 aliphatic carbocycles. The van der Waals surface area contributed by atoms with Crippen LogP contribution in [-0.2, 0) is 4.79 Å². The van der Waals surface area contributed by atoms with Crippen LogP contribution in [0.3, 0.4) is 0 Å². The van der Waals surface area contributed by atoms with Gasteiger partial charge in [-0.05, 0) is 12.8 Å². The average molecular weight is 292 g/mol. The second kappa shape index (κ2) is 9.85. The summed E-state index contributed by atoms with van der Waals surface area (Å²) in [7, 11) is 0. The Labute approximate surface area is 126 Å². The van der Waals surface area contributed by atoms with Gasteiger partial charge in [0.25, 0.3) is 5.91 Å². The van der Waals surface area contributed by atoms with E-state index in [9.17, 15) is 9.59 Å². The van der Waals surface area contributed by atoms with Crippen LogP contribution in [0.15, 0.2) is 18.6 Å². The van der Waals surface area contributed by atoms with Crippen LogP contribution in [0.5, 0.6) is 0 Å². The van der Waals surface area contributed by atoms with E-state index in [-0.39, 0.29) is 11.8 Å². The molecule has 0 aliphatic heterocycles. The molecule has 0 radical (unpaired) electrons. The van der Waals surface area contributed by atoms with Gasteiger partial charge in [0.2, 0.25) is 5.91 Å². The number of nitrogens with one attached hydrogen (secondary N) is 1. The zero-order chi connectivity index (χ0) is 15.5. The van der Waals surface area contributed by atoms with Gasteiger partial charge in [-0.25, -0.2) is 4.98 Å². The Morgan fingerprint density at radius 2 is 2.00 bits per heavy atom. The van der Waals surface area contributed by atoms with Crippen molar-refractivity contribution in [3.05, 3.63) is 24.3 Å². The van der Waals surface area contributed by atoms with E-state index in [0.29, 0.717) is 31.7 Å². The molecule has 0 spiro atoms. The predicted molar refractivity (Wildman–Crippen MR) is 80.8 cm³/mol. The third kappa shape index (κ3) is 6.33. The highest BCUT2D eigenvalue weighted by molar-refractivity contribution is 5.92. The standard InChI is InChI=1S/C15H24N4O2/c1-3-5-7-18-14(20)6-11-19(10-4-2)15(21)13-12-16-8-9-17-13/h8-9,12H,3-7,10-11H2,1-2H3,(H,18,20). The van der Waals surface area contributed by atoms with Crippen molar-refractivity contribution in [1.82, 2.24) is 20.2 Å². The van der Waals surface area contributed by atoms with E-state index in [4.69, 9.17) is 0 Å². The Balaban J connectivity index is 2.50. The van der Waals surface area contributed by atoms with Gasteiger partial charge in [0.05, 0.1) is 6.20 Å². The van der Waals surface area contributed by atoms with Crippen molar-refractivity contribution >= 4 is 11.8 Å². The van der Waals surface area contributed by atoms with Gasteiger partial charge >= 0.3 is 0 Å². The topological polar surface area (TPSA) is 75.2 Å². The molecule has 116 valence electrons. The maximum atomic E-state index is 12.3. The molecule has 1 heterocycles. The zero-order valence-electron chi connectivity index (χ0n) is 12.8. The van der Waals surface area contributed by atoms with E-state index in [1.165, 1.54) is 18.6 Å². The van der Waals surface area contributed by atoms with E-state index in [2.05, 4.69) is 22.2 Å². The summed E-state index contributed by atoms with van der Waals surface area (Å²) in [5.74, 6) is -0.192. The smallest absolute Gasteiger partial charge is 0.274 e. The Morgan fingerprint density at radius 3 is 2.62 bits per heavy atom. The minimum absolute atomic E-state index is 0.0171. The number of nitrogens with zero attached hydrogens (tertiary/aromatic N) is 3. The summed E-state index contributed by atoms with van der Waals surface area (Å²) in [5.41, 5.74) is 0.317. The van der Waals surface area contributed by atoms with Crippen molar-refractivity contribution in [3.63, 3.8) is 0 Å². The van der Waals surface area contributed by atoms with Gasteiger partial charge in [0.1, 0.15) is 5.69 Å². The highest BCUT2D eigenvalue weighted by atomic mass is 16.2. The number of amides is 2. The van der Waals surface area contributed by atoms with Gasteiger partial charge in [0.15, 0.2) is 0 Å². The first-order valence-electron chi connectivity index (χ1n) is 7.51. The molecule has 0 unspecified atom stereocenters. The Kier molecular flexibility index (Phi) is 8.01. The molecule has 0 aromatic carbocycles. The lowest BCUT2D eigenvalue weighted by atomic mass is 10.2. The third-order valence-electron chi connectivity index (χ3n) is 3.02. The average Bonchev–Trinajstić information content (AvgIpc) is 2.52. The number of carbonyl (C=O) groups excluding carboxylic acids is 2. The highest BCUT2D eigenvalue weighted by Gasteiger charge is 2.17. The molecular weight excluding hydrogens is 268 g/mol. The quantitative estimate of drug-likeness (QED) is 0.702. The Morgan fingerprint density at radius 1 is 1.19 bits per heavy atom. The molecule has 0 bridgehead atoms. The maximum Gasteiger partial charge on any atom is 0.274 e. The van der Waals surface area contributed by atoms with E-state index >= 15 is 0 Å². The van der Waals surface area contributed by atoms with Crippen LogP contribution in [0.25, 0.3) is 0 Å². The third-order valence-corrected chi connectivity index (χ3v) is 3.02. The van der Waals surface area contributed by atoms with Crippen LogP contribution < -0.4 is 5.32 Å². The summed E-state index contributed by atoms with van der Waals surface area (Å²) in [6, 6.07) is 0. The summed E-state index contributed by atoms with van der Waals surface area (Å²) in [6.45, 7) is 5.78. The van der Waals surface area contributed by atoms with Crippen molar-refractivity contribution in [1.29, 1.82) is 0 Å². The van der Waals surface area contributed by atoms with E-state index in [1.54, 1.807) is 4.90 Å². The second-order valence-corrected chi connectivity index (χ2v) is 4.84. The number of carbonyl (C=O) groups is 2. The summed E-state index contributed by atoms with van der Waals surface area (Å²) in [4.78, 5) is 33.6. The second-order valence-electron chi connectivity index (χ2n) is 4.84. The highest BCUT2D eigenvalue weighted by Crippen LogP contribution is 2.03. The zero-order valence-corrected chi connectivity index (χ0v) is 12.8. The van der Waals surface area contributed by atoms with Crippen LogP contribution in [0.2, 0.25) is 0 Å². The van der Waals surface area contributed by atoms with Gasteiger partial charge in [-0.1, -0.05) is 20.3 Å². The maximum absolute atomic E-state index is 12.3. The summed E-state index contributed by atoms with van der Waals surface area (Å²) in [6.07, 6.45) is 7.65. The van der Waals surface area contributed by atoms with Gasteiger partial charge in [-0.15, -0.1) is 0 Å². The molecule has 1 aromatic rings.